The Balaban J connectivity index is 2.49. The third-order valence-corrected chi connectivity index (χ3v) is 2.11. The van der Waals surface area contributed by atoms with Crippen molar-refractivity contribution in [1.82, 2.24) is 10.6 Å². The van der Waals surface area contributed by atoms with Gasteiger partial charge in [0.1, 0.15) is 0 Å². The normalized spacial score (nSPS) is 9.94. The van der Waals surface area contributed by atoms with Crippen LogP contribution in [0, 0.1) is 5.82 Å². The number of likely N-dealkylation sites (N-methyl/N-ethyl adjacent to an activating group) is 1. The van der Waals surface area contributed by atoms with E-state index >= 15 is 0 Å². The molecule has 0 saturated carbocycles. The second kappa shape index (κ2) is 6.07. The number of hydrogen-bond acceptors (Lipinski definition) is 3. The smallest absolute Gasteiger partial charge is 0.233 e. The standard InChI is InChI=1S/C11H15FN2O2/c1-13-11(15)7-14-6-8-3-4-10(16-2)9(12)5-8/h3-5,14H,6-7H2,1-2H3,(H,13,15). The number of hydrogen-bond donors (Lipinski definition) is 2. The Morgan fingerprint density at radius 3 is 2.81 bits per heavy atom. The summed E-state index contributed by atoms with van der Waals surface area (Å²) in [5.74, 6) is -0.286. The van der Waals surface area contributed by atoms with Gasteiger partial charge in [-0.1, -0.05) is 6.07 Å². The van der Waals surface area contributed by atoms with Crippen LogP contribution in [0.2, 0.25) is 0 Å². The highest BCUT2D eigenvalue weighted by atomic mass is 19.1. The van der Waals surface area contributed by atoms with E-state index in [4.69, 9.17) is 4.74 Å². The molecule has 0 fully saturated rings. The first-order valence-corrected chi connectivity index (χ1v) is 4.91. The van der Waals surface area contributed by atoms with Gasteiger partial charge in [-0.15, -0.1) is 0 Å². The van der Waals surface area contributed by atoms with E-state index in [2.05, 4.69) is 10.6 Å². The van der Waals surface area contributed by atoms with E-state index in [1.54, 1.807) is 19.2 Å². The molecular weight excluding hydrogens is 211 g/mol. The molecule has 2 N–H and O–H groups in total. The Labute approximate surface area is 93.8 Å². The van der Waals surface area contributed by atoms with Gasteiger partial charge in [0.25, 0.3) is 0 Å². The lowest BCUT2D eigenvalue weighted by Crippen LogP contribution is -2.30. The van der Waals surface area contributed by atoms with Crippen LogP contribution < -0.4 is 15.4 Å². The summed E-state index contributed by atoms with van der Waals surface area (Å²) in [6.07, 6.45) is 0. The maximum atomic E-state index is 13.3. The monoisotopic (exact) mass is 226 g/mol. The SMILES string of the molecule is CNC(=O)CNCc1ccc(OC)c(F)c1. The fourth-order valence-electron chi connectivity index (χ4n) is 1.23. The van der Waals surface area contributed by atoms with Gasteiger partial charge < -0.3 is 15.4 Å². The van der Waals surface area contributed by atoms with Crippen molar-refractivity contribution in [2.75, 3.05) is 20.7 Å². The zero-order chi connectivity index (χ0) is 12.0. The summed E-state index contributed by atoms with van der Waals surface area (Å²) >= 11 is 0. The number of carbonyl (C=O) groups is 1. The largest absolute Gasteiger partial charge is 0.494 e. The number of nitrogens with one attached hydrogen (secondary N) is 2. The highest BCUT2D eigenvalue weighted by molar-refractivity contribution is 5.77. The van der Waals surface area contributed by atoms with Gasteiger partial charge in [0.05, 0.1) is 13.7 Å². The number of amides is 1. The third kappa shape index (κ3) is 3.51. The van der Waals surface area contributed by atoms with E-state index in [1.165, 1.54) is 13.2 Å². The highest BCUT2D eigenvalue weighted by Gasteiger charge is 2.03. The molecule has 0 radical (unpaired) electrons. The van der Waals surface area contributed by atoms with Gasteiger partial charge in [0.2, 0.25) is 5.91 Å². The zero-order valence-corrected chi connectivity index (χ0v) is 9.34. The summed E-state index contributed by atoms with van der Waals surface area (Å²) in [6.45, 7) is 0.651. The van der Waals surface area contributed by atoms with Crippen LogP contribution in [0.1, 0.15) is 5.56 Å². The van der Waals surface area contributed by atoms with Crippen LogP contribution in [0.3, 0.4) is 0 Å². The fourth-order valence-corrected chi connectivity index (χ4v) is 1.23. The number of benzene rings is 1. The molecule has 0 unspecified atom stereocenters. The van der Waals surface area contributed by atoms with Crippen molar-refractivity contribution in [2.24, 2.45) is 0 Å². The van der Waals surface area contributed by atoms with E-state index in [0.717, 1.165) is 5.56 Å². The number of carbonyl (C=O) groups excluding carboxylic acids is 1. The number of rotatable bonds is 5. The number of ether oxygens (including phenoxy) is 1. The molecule has 0 saturated heterocycles. The lowest BCUT2D eigenvalue weighted by atomic mass is 10.2. The number of halogens is 1. The van der Waals surface area contributed by atoms with Crippen LogP contribution >= 0.6 is 0 Å². The van der Waals surface area contributed by atoms with Crippen molar-refractivity contribution in [3.05, 3.63) is 29.6 Å². The van der Waals surface area contributed by atoms with Gasteiger partial charge in [-0.3, -0.25) is 4.79 Å². The molecule has 1 aromatic carbocycles. The highest BCUT2D eigenvalue weighted by Crippen LogP contribution is 2.17. The predicted molar refractivity (Wildman–Crippen MR) is 58.7 cm³/mol. The maximum absolute atomic E-state index is 13.3. The molecule has 0 spiro atoms. The first-order valence-electron chi connectivity index (χ1n) is 4.91. The van der Waals surface area contributed by atoms with Crippen LogP contribution in [-0.2, 0) is 11.3 Å². The van der Waals surface area contributed by atoms with Crippen molar-refractivity contribution >= 4 is 5.91 Å². The van der Waals surface area contributed by atoms with Crippen LogP contribution in [0.15, 0.2) is 18.2 Å². The molecule has 16 heavy (non-hydrogen) atoms. The van der Waals surface area contributed by atoms with Crippen LogP contribution in [0.5, 0.6) is 5.75 Å². The Bertz CT molecular complexity index is 369. The molecular formula is C11H15FN2O2. The Hall–Kier alpha value is -1.62. The van der Waals surface area contributed by atoms with Gasteiger partial charge in [0, 0.05) is 13.6 Å². The van der Waals surface area contributed by atoms with Crippen LogP contribution in [0.25, 0.3) is 0 Å². The van der Waals surface area contributed by atoms with Gasteiger partial charge in [-0.05, 0) is 17.7 Å². The fraction of sp³-hybridized carbons (Fsp3) is 0.364. The van der Waals surface area contributed by atoms with Crippen molar-refractivity contribution in [3.63, 3.8) is 0 Å². The maximum Gasteiger partial charge on any atom is 0.233 e. The zero-order valence-electron chi connectivity index (χ0n) is 9.34. The molecule has 4 nitrogen and oxygen atoms in total. The van der Waals surface area contributed by atoms with Gasteiger partial charge >= 0.3 is 0 Å². The molecule has 1 rings (SSSR count). The van der Waals surface area contributed by atoms with Crippen LogP contribution in [0.4, 0.5) is 4.39 Å². The quantitative estimate of drug-likeness (QED) is 0.776. The second-order valence-corrected chi connectivity index (χ2v) is 3.25. The first kappa shape index (κ1) is 12.4. The van der Waals surface area contributed by atoms with Gasteiger partial charge in [-0.25, -0.2) is 4.39 Å². The summed E-state index contributed by atoms with van der Waals surface area (Å²) in [4.78, 5) is 10.9. The molecule has 0 aliphatic carbocycles. The minimum Gasteiger partial charge on any atom is -0.494 e. The average molecular weight is 226 g/mol. The lowest BCUT2D eigenvalue weighted by Gasteiger charge is -2.06. The molecule has 1 amide bonds. The van der Waals surface area contributed by atoms with E-state index in [0.29, 0.717) is 6.54 Å². The molecule has 0 aliphatic heterocycles. The van der Waals surface area contributed by atoms with Crippen molar-refractivity contribution in [2.45, 2.75) is 6.54 Å². The molecule has 5 heteroatoms. The molecule has 0 atom stereocenters. The van der Waals surface area contributed by atoms with Crippen molar-refractivity contribution in [3.8, 4) is 5.75 Å². The van der Waals surface area contributed by atoms with Crippen molar-refractivity contribution in [1.29, 1.82) is 0 Å². The van der Waals surface area contributed by atoms with Gasteiger partial charge in [-0.2, -0.15) is 0 Å². The summed E-state index contributed by atoms with van der Waals surface area (Å²) in [5.41, 5.74) is 0.766. The van der Waals surface area contributed by atoms with E-state index in [-0.39, 0.29) is 18.2 Å². The van der Waals surface area contributed by atoms with Crippen molar-refractivity contribution < 1.29 is 13.9 Å². The topological polar surface area (TPSA) is 50.4 Å². The number of methoxy groups -OCH3 is 1. The summed E-state index contributed by atoms with van der Waals surface area (Å²) in [7, 11) is 2.99. The van der Waals surface area contributed by atoms with E-state index in [9.17, 15) is 9.18 Å². The summed E-state index contributed by atoms with van der Waals surface area (Å²) < 4.78 is 18.1. The summed E-state index contributed by atoms with van der Waals surface area (Å²) in [6, 6.07) is 4.70. The first-order chi connectivity index (χ1) is 7.67. The Kier molecular flexibility index (Phi) is 4.72. The predicted octanol–water partition coefficient (Wildman–Crippen LogP) is 0.670. The lowest BCUT2D eigenvalue weighted by molar-refractivity contribution is -0.119. The Morgan fingerprint density at radius 2 is 2.25 bits per heavy atom. The molecule has 0 aromatic heterocycles. The molecule has 1 aromatic rings. The average Bonchev–Trinajstić information content (AvgIpc) is 2.29. The molecule has 0 heterocycles. The van der Waals surface area contributed by atoms with Gasteiger partial charge in [0.15, 0.2) is 11.6 Å². The minimum atomic E-state index is -0.401. The van der Waals surface area contributed by atoms with E-state index < -0.39 is 5.82 Å². The molecule has 88 valence electrons. The van der Waals surface area contributed by atoms with Crippen LogP contribution in [-0.4, -0.2) is 26.6 Å². The molecule has 0 aliphatic rings. The van der Waals surface area contributed by atoms with E-state index in [1.807, 2.05) is 0 Å². The summed E-state index contributed by atoms with van der Waals surface area (Å²) in [5, 5.41) is 5.38. The minimum absolute atomic E-state index is 0.103. The second-order valence-electron chi connectivity index (χ2n) is 3.25. The Morgan fingerprint density at radius 1 is 1.50 bits per heavy atom. The third-order valence-electron chi connectivity index (χ3n) is 2.11. The molecule has 0 bridgehead atoms.